The van der Waals surface area contributed by atoms with E-state index in [1.165, 1.54) is 12.8 Å². The van der Waals surface area contributed by atoms with E-state index in [2.05, 4.69) is 13.8 Å². The lowest BCUT2D eigenvalue weighted by Crippen LogP contribution is -2.39. The summed E-state index contributed by atoms with van der Waals surface area (Å²) in [6.45, 7) is 5.37. The molecule has 106 valence electrons. The van der Waals surface area contributed by atoms with Gasteiger partial charge < -0.3 is 10.5 Å². The van der Waals surface area contributed by atoms with E-state index in [4.69, 9.17) is 10.5 Å². The van der Waals surface area contributed by atoms with Crippen molar-refractivity contribution in [3.8, 4) is 0 Å². The first kappa shape index (κ1) is 15.5. The minimum absolute atomic E-state index is 0.0457. The Morgan fingerprint density at radius 3 is 2.33 bits per heavy atom. The van der Waals surface area contributed by atoms with Crippen LogP contribution in [0, 0.1) is 11.3 Å². The normalized spacial score (nSPS) is 19.6. The molecule has 1 rings (SSSR count). The third kappa shape index (κ3) is 4.60. The van der Waals surface area contributed by atoms with E-state index in [9.17, 15) is 4.79 Å². The Morgan fingerprint density at radius 1 is 1.22 bits per heavy atom. The van der Waals surface area contributed by atoms with Crippen molar-refractivity contribution in [3.05, 3.63) is 0 Å². The Bertz CT molecular complexity index is 243. The number of hydrogen-bond donors (Lipinski definition) is 1. The lowest BCUT2D eigenvalue weighted by Gasteiger charge is -2.28. The fourth-order valence-corrected chi connectivity index (χ4v) is 2.71. The highest BCUT2D eigenvalue weighted by molar-refractivity contribution is 5.77. The smallest absolute Gasteiger partial charge is 0.313 e. The van der Waals surface area contributed by atoms with E-state index in [1.54, 1.807) is 0 Å². The molecule has 0 amide bonds. The van der Waals surface area contributed by atoms with E-state index in [0.29, 0.717) is 19.1 Å². The zero-order chi connectivity index (χ0) is 13.4. The van der Waals surface area contributed by atoms with Gasteiger partial charge in [0.05, 0.1) is 12.0 Å². The second-order valence-corrected chi connectivity index (χ2v) is 6.07. The minimum Gasteiger partial charge on any atom is -0.465 e. The maximum atomic E-state index is 12.2. The molecular weight excluding hydrogens is 226 g/mol. The van der Waals surface area contributed by atoms with Crippen molar-refractivity contribution in [2.24, 2.45) is 17.1 Å². The van der Waals surface area contributed by atoms with Crippen LogP contribution in [0.2, 0.25) is 0 Å². The van der Waals surface area contributed by atoms with Crippen LogP contribution in [0.15, 0.2) is 0 Å². The summed E-state index contributed by atoms with van der Waals surface area (Å²) in [5.74, 6) is 0.626. The molecule has 0 radical (unpaired) electrons. The topological polar surface area (TPSA) is 52.3 Å². The first-order valence-electron chi connectivity index (χ1n) is 7.48. The molecule has 0 atom stereocenters. The molecule has 0 aromatic carbocycles. The van der Waals surface area contributed by atoms with Gasteiger partial charge in [0.25, 0.3) is 0 Å². The minimum atomic E-state index is -0.381. The van der Waals surface area contributed by atoms with Crippen molar-refractivity contribution in [1.29, 1.82) is 0 Å². The number of esters is 1. The van der Waals surface area contributed by atoms with Crippen LogP contribution >= 0.6 is 0 Å². The van der Waals surface area contributed by atoms with Gasteiger partial charge in [-0.25, -0.2) is 0 Å². The van der Waals surface area contributed by atoms with Gasteiger partial charge in [-0.05, 0) is 31.6 Å². The second kappa shape index (κ2) is 7.78. The van der Waals surface area contributed by atoms with Crippen LogP contribution in [0.1, 0.15) is 65.2 Å². The monoisotopic (exact) mass is 255 g/mol. The molecule has 0 spiro atoms. The van der Waals surface area contributed by atoms with Crippen molar-refractivity contribution in [1.82, 2.24) is 0 Å². The van der Waals surface area contributed by atoms with Crippen LogP contribution in [0.25, 0.3) is 0 Å². The first-order valence-corrected chi connectivity index (χ1v) is 7.48. The molecule has 1 fully saturated rings. The fraction of sp³-hybridized carbons (Fsp3) is 0.933. The summed E-state index contributed by atoms with van der Waals surface area (Å²) in [6.07, 6.45) is 8.56. The van der Waals surface area contributed by atoms with Crippen LogP contribution in [0.5, 0.6) is 0 Å². The van der Waals surface area contributed by atoms with E-state index >= 15 is 0 Å². The third-order valence-electron chi connectivity index (χ3n) is 4.04. The van der Waals surface area contributed by atoms with Crippen molar-refractivity contribution in [2.45, 2.75) is 65.2 Å². The van der Waals surface area contributed by atoms with Gasteiger partial charge in [-0.3, -0.25) is 4.79 Å². The number of hydrogen-bond acceptors (Lipinski definition) is 3. The molecular formula is C15H29NO2. The Labute approximate surface area is 111 Å². The number of carbonyl (C=O) groups is 1. The lowest BCUT2D eigenvalue weighted by molar-refractivity contribution is -0.156. The summed E-state index contributed by atoms with van der Waals surface area (Å²) in [5, 5.41) is 0. The molecule has 1 saturated carbocycles. The number of nitrogens with two attached hydrogens (primary N) is 1. The molecule has 2 N–H and O–H groups in total. The summed E-state index contributed by atoms with van der Waals surface area (Å²) in [6, 6.07) is 0. The summed E-state index contributed by atoms with van der Waals surface area (Å²) in [7, 11) is 0. The SMILES string of the molecule is CC(C)CCCOC(=O)C1(CN)CCCCCC1. The van der Waals surface area contributed by atoms with Gasteiger partial charge in [-0.15, -0.1) is 0 Å². The van der Waals surface area contributed by atoms with Gasteiger partial charge in [-0.2, -0.15) is 0 Å². The predicted octanol–water partition coefficient (Wildman–Crippen LogP) is 3.27. The summed E-state index contributed by atoms with van der Waals surface area (Å²) in [4.78, 5) is 12.2. The zero-order valence-corrected chi connectivity index (χ0v) is 12.0. The van der Waals surface area contributed by atoms with Gasteiger partial charge >= 0.3 is 5.97 Å². The van der Waals surface area contributed by atoms with Crippen LogP contribution in [0.3, 0.4) is 0 Å². The fourth-order valence-electron chi connectivity index (χ4n) is 2.71. The molecule has 0 saturated heterocycles. The van der Waals surface area contributed by atoms with E-state index in [1.807, 2.05) is 0 Å². The summed E-state index contributed by atoms with van der Waals surface area (Å²) >= 11 is 0. The van der Waals surface area contributed by atoms with Gasteiger partial charge in [0.2, 0.25) is 0 Å². The van der Waals surface area contributed by atoms with Crippen LogP contribution in [0.4, 0.5) is 0 Å². The quantitative estimate of drug-likeness (QED) is 0.450. The highest BCUT2D eigenvalue weighted by atomic mass is 16.5. The Balaban J connectivity index is 2.40. The van der Waals surface area contributed by atoms with E-state index in [-0.39, 0.29) is 11.4 Å². The highest BCUT2D eigenvalue weighted by Gasteiger charge is 2.38. The van der Waals surface area contributed by atoms with Gasteiger partial charge in [0.1, 0.15) is 0 Å². The van der Waals surface area contributed by atoms with Crippen molar-refractivity contribution in [3.63, 3.8) is 0 Å². The van der Waals surface area contributed by atoms with E-state index in [0.717, 1.165) is 38.5 Å². The largest absolute Gasteiger partial charge is 0.465 e. The number of rotatable bonds is 6. The standard InChI is InChI=1S/C15H29NO2/c1-13(2)8-7-11-18-14(17)15(12-16)9-5-3-4-6-10-15/h13H,3-12,16H2,1-2H3. The van der Waals surface area contributed by atoms with Gasteiger partial charge in [0.15, 0.2) is 0 Å². The van der Waals surface area contributed by atoms with Crippen LogP contribution < -0.4 is 5.73 Å². The summed E-state index contributed by atoms with van der Waals surface area (Å²) < 4.78 is 5.46. The molecule has 18 heavy (non-hydrogen) atoms. The average Bonchev–Trinajstić information content (AvgIpc) is 2.60. The first-order chi connectivity index (χ1) is 8.60. The Hall–Kier alpha value is -0.570. The van der Waals surface area contributed by atoms with Gasteiger partial charge in [-0.1, -0.05) is 39.5 Å². The second-order valence-electron chi connectivity index (χ2n) is 6.07. The molecule has 0 bridgehead atoms. The average molecular weight is 255 g/mol. The highest BCUT2D eigenvalue weighted by Crippen LogP contribution is 2.35. The van der Waals surface area contributed by atoms with Crippen LogP contribution in [-0.2, 0) is 9.53 Å². The lowest BCUT2D eigenvalue weighted by atomic mass is 9.80. The molecule has 0 heterocycles. The zero-order valence-electron chi connectivity index (χ0n) is 12.0. The molecule has 0 aromatic rings. The number of ether oxygens (including phenoxy) is 1. The maximum absolute atomic E-state index is 12.2. The Kier molecular flexibility index (Phi) is 6.69. The number of carbonyl (C=O) groups excluding carboxylic acids is 1. The third-order valence-corrected chi connectivity index (χ3v) is 4.04. The van der Waals surface area contributed by atoms with Crippen molar-refractivity contribution >= 4 is 5.97 Å². The maximum Gasteiger partial charge on any atom is 0.313 e. The summed E-state index contributed by atoms with van der Waals surface area (Å²) in [5.41, 5.74) is 5.48. The van der Waals surface area contributed by atoms with Gasteiger partial charge in [0, 0.05) is 6.54 Å². The van der Waals surface area contributed by atoms with Crippen molar-refractivity contribution in [2.75, 3.05) is 13.2 Å². The molecule has 1 aliphatic rings. The molecule has 3 heteroatoms. The predicted molar refractivity (Wildman–Crippen MR) is 74.2 cm³/mol. The van der Waals surface area contributed by atoms with Crippen LogP contribution in [-0.4, -0.2) is 19.1 Å². The van der Waals surface area contributed by atoms with E-state index < -0.39 is 0 Å². The van der Waals surface area contributed by atoms with Crippen molar-refractivity contribution < 1.29 is 9.53 Å². The Morgan fingerprint density at radius 2 is 1.83 bits per heavy atom. The molecule has 0 aliphatic heterocycles. The molecule has 1 aliphatic carbocycles. The molecule has 0 unspecified atom stereocenters. The molecule has 3 nitrogen and oxygen atoms in total. The molecule has 0 aromatic heterocycles.